The molecule has 0 amide bonds. The van der Waals surface area contributed by atoms with Gasteiger partial charge in [-0.3, -0.25) is 0 Å². The average molecular weight is 873 g/mol. The van der Waals surface area contributed by atoms with Crippen molar-refractivity contribution in [1.29, 1.82) is 0 Å². The van der Waals surface area contributed by atoms with Crippen LogP contribution in [0.15, 0.2) is 218 Å². The van der Waals surface area contributed by atoms with Crippen LogP contribution in [0.25, 0.3) is 120 Å². The first-order valence-electron chi connectivity index (χ1n) is 23.4. The molecule has 0 unspecified atom stereocenters. The summed E-state index contributed by atoms with van der Waals surface area (Å²) in [7, 11) is 0. The van der Waals surface area contributed by atoms with Crippen molar-refractivity contribution in [3.05, 3.63) is 263 Å². The van der Waals surface area contributed by atoms with Crippen molar-refractivity contribution in [2.75, 3.05) is 0 Å². The maximum absolute atomic E-state index is 7.58. The predicted octanol–water partition coefficient (Wildman–Crippen LogP) is 17.3. The highest BCUT2D eigenvalue weighted by Crippen LogP contribution is 2.62. The van der Waals surface area contributed by atoms with E-state index in [1.807, 2.05) is 24.3 Å². The summed E-state index contributed by atoms with van der Waals surface area (Å²) in [5.41, 5.74) is 19.9. The van der Waals surface area contributed by atoms with Crippen molar-refractivity contribution in [1.82, 2.24) is 9.13 Å². The van der Waals surface area contributed by atoms with Crippen molar-refractivity contribution in [3.8, 4) is 44.8 Å². The number of hydrogen-bond acceptors (Lipinski definition) is 0. The normalized spacial score (nSPS) is 13.0. The second kappa shape index (κ2) is 13.8. The molecular formula is C65H36N4. The lowest BCUT2D eigenvalue weighted by Gasteiger charge is -2.39. The summed E-state index contributed by atoms with van der Waals surface area (Å²) in [5.74, 6) is 0. The molecule has 3 heterocycles. The molecule has 0 saturated carbocycles. The number of nitrogens with zero attached hydrogens (tertiary/aromatic N) is 4. The van der Waals surface area contributed by atoms with E-state index in [4.69, 9.17) is 13.1 Å². The van der Waals surface area contributed by atoms with Gasteiger partial charge in [0.2, 0.25) is 0 Å². The van der Waals surface area contributed by atoms with Crippen molar-refractivity contribution < 1.29 is 0 Å². The van der Waals surface area contributed by atoms with Crippen LogP contribution < -0.4 is 0 Å². The van der Waals surface area contributed by atoms with E-state index in [0.29, 0.717) is 11.4 Å². The first-order chi connectivity index (χ1) is 34.1. The fourth-order valence-corrected chi connectivity index (χ4v) is 12.4. The van der Waals surface area contributed by atoms with Gasteiger partial charge in [-0.15, -0.1) is 0 Å². The topological polar surface area (TPSA) is 18.6 Å². The molecule has 11 aromatic carbocycles. The molecule has 0 atom stereocenters. The molecule has 69 heavy (non-hydrogen) atoms. The van der Waals surface area contributed by atoms with Gasteiger partial charge in [0.25, 0.3) is 0 Å². The van der Waals surface area contributed by atoms with Gasteiger partial charge >= 0.3 is 0 Å². The summed E-state index contributed by atoms with van der Waals surface area (Å²) < 4.78 is 5.01. The van der Waals surface area contributed by atoms with Crippen LogP contribution in [0.2, 0.25) is 0 Å². The van der Waals surface area contributed by atoms with Gasteiger partial charge in [0.1, 0.15) is 0 Å². The number of hydrogen-bond donors (Lipinski definition) is 0. The van der Waals surface area contributed by atoms with E-state index in [2.05, 4.69) is 213 Å². The Kier molecular flexibility index (Phi) is 7.53. The third kappa shape index (κ3) is 4.99. The minimum Gasteiger partial charge on any atom is -0.309 e. The molecule has 0 N–H and O–H groups in total. The summed E-state index contributed by atoms with van der Waals surface area (Å²) in [6.45, 7) is 15.2. The van der Waals surface area contributed by atoms with Crippen molar-refractivity contribution in [2.24, 2.45) is 0 Å². The maximum atomic E-state index is 7.58. The van der Waals surface area contributed by atoms with Crippen LogP contribution in [0.3, 0.4) is 0 Å². The van der Waals surface area contributed by atoms with Crippen LogP contribution in [-0.4, -0.2) is 9.13 Å². The van der Waals surface area contributed by atoms with E-state index in [0.717, 1.165) is 49.5 Å². The summed E-state index contributed by atoms with van der Waals surface area (Å²) in [6, 6.07) is 79.8. The molecule has 2 aliphatic rings. The smallest absolute Gasteiger partial charge is 0.187 e. The minimum absolute atomic E-state index is 0.627. The molecule has 0 radical (unpaired) electrons. The van der Waals surface area contributed by atoms with Crippen LogP contribution in [0, 0.1) is 13.1 Å². The number of para-hydroxylation sites is 4. The third-order valence-corrected chi connectivity index (χ3v) is 15.3. The number of rotatable bonds is 3. The molecule has 2 aromatic heterocycles. The molecule has 15 rings (SSSR count). The van der Waals surface area contributed by atoms with Gasteiger partial charge in [-0.05, 0) is 144 Å². The second-order valence-corrected chi connectivity index (χ2v) is 18.6. The second-order valence-electron chi connectivity index (χ2n) is 18.6. The monoisotopic (exact) mass is 872 g/mol. The highest BCUT2D eigenvalue weighted by atomic mass is 15.0. The molecule has 1 aliphatic heterocycles. The van der Waals surface area contributed by atoms with Crippen LogP contribution in [-0.2, 0) is 5.41 Å². The summed E-state index contributed by atoms with van der Waals surface area (Å²) >= 11 is 0. The molecule has 0 bridgehead atoms. The van der Waals surface area contributed by atoms with Gasteiger partial charge < -0.3 is 9.13 Å². The van der Waals surface area contributed by atoms with Crippen LogP contribution >= 0.6 is 0 Å². The summed E-state index contributed by atoms with van der Waals surface area (Å²) in [4.78, 5) is 7.37. The van der Waals surface area contributed by atoms with Gasteiger partial charge in [0, 0.05) is 27.2 Å². The molecular weight excluding hydrogens is 837 g/mol. The number of benzene rings is 11. The quantitative estimate of drug-likeness (QED) is 0.158. The van der Waals surface area contributed by atoms with E-state index in [1.165, 1.54) is 82.7 Å². The Bertz CT molecular complexity index is 4370. The molecule has 4 nitrogen and oxygen atoms in total. The van der Waals surface area contributed by atoms with Gasteiger partial charge in [0.15, 0.2) is 11.4 Å². The average Bonchev–Trinajstić information content (AvgIpc) is 4.04. The zero-order valence-electron chi connectivity index (χ0n) is 37.1. The minimum atomic E-state index is -0.627. The van der Waals surface area contributed by atoms with Gasteiger partial charge in [-0.25, -0.2) is 9.69 Å². The highest BCUT2D eigenvalue weighted by Gasteiger charge is 2.51. The largest absolute Gasteiger partial charge is 0.309 e. The Balaban J connectivity index is 1.03. The van der Waals surface area contributed by atoms with Gasteiger partial charge in [0.05, 0.1) is 46.3 Å². The standard InChI is InChI=1S/C65H36N4/c1-66-47-27-23-41-33-39(19-21-43(41)35-47)45-25-30-55-53(37-45)54-38-46(40-20-22-44-36-48(67-2)28-24-42(44)34-40)26-31-56(54)65(55)57-15-7-9-18-60(57)69-63-50(14-10-16-58(63)65)51-29-32-61-62(64(51)69)52-13-6-8-17-59(52)68(61)49-11-4-3-5-12-49/h3-38H. The Morgan fingerprint density at radius 1 is 0.348 bits per heavy atom. The van der Waals surface area contributed by atoms with Gasteiger partial charge in [-0.2, -0.15) is 0 Å². The van der Waals surface area contributed by atoms with Crippen molar-refractivity contribution in [3.63, 3.8) is 0 Å². The lowest BCUT2D eigenvalue weighted by Crippen LogP contribution is -2.33. The zero-order valence-corrected chi connectivity index (χ0v) is 37.1. The third-order valence-electron chi connectivity index (χ3n) is 15.3. The van der Waals surface area contributed by atoms with E-state index in [1.54, 1.807) is 0 Å². The lowest BCUT2D eigenvalue weighted by atomic mass is 9.65. The fraction of sp³-hybridized carbons (Fsp3) is 0.0154. The highest BCUT2D eigenvalue weighted by molar-refractivity contribution is 6.27. The molecule has 1 spiro atoms. The molecule has 316 valence electrons. The maximum Gasteiger partial charge on any atom is 0.187 e. The number of aromatic nitrogens is 2. The molecule has 1 aliphatic carbocycles. The predicted molar refractivity (Wildman–Crippen MR) is 284 cm³/mol. The Morgan fingerprint density at radius 3 is 1.57 bits per heavy atom. The Labute approximate surface area is 397 Å². The molecule has 0 fully saturated rings. The van der Waals surface area contributed by atoms with Crippen LogP contribution in [0.5, 0.6) is 0 Å². The SMILES string of the molecule is [C-]#[N+]c1ccc2cc(-c3ccc4c(c3)-c3cc(-c5ccc6cc([N+]#[C-])ccc6c5)ccc3C43c4ccccc4-n4c5c3cccc5c3ccc5c(c6ccccc6n5-c5ccccc5)c34)ccc2c1. The van der Waals surface area contributed by atoms with E-state index in [9.17, 15) is 0 Å². The van der Waals surface area contributed by atoms with E-state index >= 15 is 0 Å². The fourth-order valence-electron chi connectivity index (χ4n) is 12.4. The Hall–Kier alpha value is -9.48. The zero-order chi connectivity index (χ0) is 45.5. The van der Waals surface area contributed by atoms with E-state index in [-0.39, 0.29) is 0 Å². The summed E-state index contributed by atoms with van der Waals surface area (Å²) in [5, 5.41) is 9.32. The van der Waals surface area contributed by atoms with Crippen LogP contribution in [0.4, 0.5) is 11.4 Å². The van der Waals surface area contributed by atoms with Crippen molar-refractivity contribution >= 4 is 76.5 Å². The first kappa shape index (κ1) is 37.7. The Morgan fingerprint density at radius 2 is 0.884 bits per heavy atom. The van der Waals surface area contributed by atoms with Gasteiger partial charge in [-0.1, -0.05) is 152 Å². The molecule has 4 heteroatoms. The molecule has 13 aromatic rings. The van der Waals surface area contributed by atoms with E-state index < -0.39 is 5.41 Å². The lowest BCUT2D eigenvalue weighted by molar-refractivity contribution is 0.749. The first-order valence-corrected chi connectivity index (χ1v) is 23.4. The molecule has 0 saturated heterocycles. The van der Waals surface area contributed by atoms with Crippen molar-refractivity contribution in [2.45, 2.75) is 5.41 Å². The number of fused-ring (bicyclic) bond motifs is 18. The summed E-state index contributed by atoms with van der Waals surface area (Å²) in [6.07, 6.45) is 0. The van der Waals surface area contributed by atoms with Crippen LogP contribution in [0.1, 0.15) is 22.3 Å².